The van der Waals surface area contributed by atoms with Crippen molar-refractivity contribution in [1.29, 1.82) is 0 Å². The van der Waals surface area contributed by atoms with E-state index in [1.54, 1.807) is 12.3 Å². The number of carboxylic acid groups (broad SMARTS) is 1. The van der Waals surface area contributed by atoms with Crippen molar-refractivity contribution in [3.8, 4) is 11.1 Å². The van der Waals surface area contributed by atoms with Crippen LogP contribution in [0.3, 0.4) is 0 Å². The molecule has 1 aromatic carbocycles. The van der Waals surface area contributed by atoms with Gasteiger partial charge in [0.05, 0.1) is 0 Å². The second kappa shape index (κ2) is 8.51. The number of ketones is 1. The molecular weight excluding hydrogens is 376 g/mol. The van der Waals surface area contributed by atoms with Gasteiger partial charge in [-0.3, -0.25) is 19.2 Å². The summed E-state index contributed by atoms with van der Waals surface area (Å²) in [5.74, 6) is -4.30. The van der Waals surface area contributed by atoms with E-state index in [0.717, 1.165) is 16.7 Å². The van der Waals surface area contributed by atoms with E-state index in [-0.39, 0.29) is 19.5 Å². The molecule has 29 heavy (non-hydrogen) atoms. The van der Waals surface area contributed by atoms with Crippen LogP contribution in [0.15, 0.2) is 42.6 Å². The molecular formula is C20H20N4O5. The van der Waals surface area contributed by atoms with Gasteiger partial charge < -0.3 is 21.1 Å². The number of amides is 2. The first-order valence-corrected chi connectivity index (χ1v) is 8.97. The van der Waals surface area contributed by atoms with Gasteiger partial charge in [-0.1, -0.05) is 24.3 Å². The second-order valence-corrected chi connectivity index (χ2v) is 6.69. The van der Waals surface area contributed by atoms with Crippen molar-refractivity contribution in [3.05, 3.63) is 48.2 Å². The standard InChI is InChI=1S/C20H20N4O5/c21-16-6-5-14(9-22-16)13-3-1-12(2-4-13)11-24-8-7-15(25)18(20(24)29)19(28)23-10-17(26)27/h1-6,9,18H,7-8,10-11H2,(H2,21,22)(H,23,28)(H,26,27). The van der Waals surface area contributed by atoms with Crippen molar-refractivity contribution in [2.45, 2.75) is 13.0 Å². The average molecular weight is 396 g/mol. The number of carboxylic acids is 1. The van der Waals surface area contributed by atoms with E-state index in [4.69, 9.17) is 10.8 Å². The average Bonchev–Trinajstić information content (AvgIpc) is 2.70. The topological polar surface area (TPSA) is 143 Å². The summed E-state index contributed by atoms with van der Waals surface area (Å²) in [6.07, 6.45) is 1.72. The van der Waals surface area contributed by atoms with E-state index in [1.165, 1.54) is 4.90 Å². The number of carbonyl (C=O) groups is 4. The lowest BCUT2D eigenvalue weighted by Crippen LogP contribution is -2.52. The van der Waals surface area contributed by atoms with Crippen LogP contribution in [-0.2, 0) is 25.7 Å². The first kappa shape index (κ1) is 20.0. The number of anilines is 1. The molecule has 2 heterocycles. The van der Waals surface area contributed by atoms with Gasteiger partial charge in [0.1, 0.15) is 12.4 Å². The summed E-state index contributed by atoms with van der Waals surface area (Å²) in [6.45, 7) is -0.184. The number of nitrogens with zero attached hydrogens (tertiary/aromatic N) is 2. The maximum absolute atomic E-state index is 12.6. The lowest BCUT2D eigenvalue weighted by Gasteiger charge is -2.30. The number of Topliss-reactive ketones (excluding diaryl/α,β-unsaturated/α-hetero) is 1. The highest BCUT2D eigenvalue weighted by atomic mass is 16.4. The summed E-state index contributed by atoms with van der Waals surface area (Å²) in [4.78, 5) is 52.8. The Kier molecular flexibility index (Phi) is 5.87. The predicted octanol–water partition coefficient (Wildman–Crippen LogP) is 0.449. The molecule has 1 fully saturated rings. The second-order valence-electron chi connectivity index (χ2n) is 6.69. The molecule has 3 rings (SSSR count). The van der Waals surface area contributed by atoms with Gasteiger partial charge >= 0.3 is 5.97 Å². The fourth-order valence-electron chi connectivity index (χ4n) is 3.10. The number of hydrogen-bond donors (Lipinski definition) is 3. The summed E-state index contributed by atoms with van der Waals surface area (Å²) >= 11 is 0. The van der Waals surface area contributed by atoms with Gasteiger partial charge in [-0.25, -0.2) is 4.98 Å². The molecule has 2 amide bonds. The molecule has 0 saturated carbocycles. The van der Waals surface area contributed by atoms with Gasteiger partial charge in [0.15, 0.2) is 11.7 Å². The van der Waals surface area contributed by atoms with Crippen LogP contribution in [0.1, 0.15) is 12.0 Å². The van der Waals surface area contributed by atoms with E-state index in [0.29, 0.717) is 5.82 Å². The number of nitrogen functional groups attached to an aromatic ring is 1. The van der Waals surface area contributed by atoms with Crippen LogP contribution >= 0.6 is 0 Å². The number of pyridine rings is 1. The minimum Gasteiger partial charge on any atom is -0.480 e. The molecule has 2 aromatic rings. The van der Waals surface area contributed by atoms with Gasteiger partial charge in [0.2, 0.25) is 11.8 Å². The molecule has 0 spiro atoms. The van der Waals surface area contributed by atoms with Gasteiger partial charge in [-0.15, -0.1) is 0 Å². The fraction of sp³-hybridized carbons (Fsp3) is 0.250. The van der Waals surface area contributed by atoms with E-state index in [2.05, 4.69) is 10.3 Å². The Balaban J connectivity index is 1.68. The molecule has 0 aliphatic carbocycles. The Labute approximate surface area is 166 Å². The molecule has 1 saturated heterocycles. The molecule has 0 bridgehead atoms. The highest BCUT2D eigenvalue weighted by molar-refractivity contribution is 6.19. The number of nitrogens with one attached hydrogen (secondary N) is 1. The van der Waals surface area contributed by atoms with E-state index < -0.39 is 36.0 Å². The van der Waals surface area contributed by atoms with Crippen LogP contribution in [0.5, 0.6) is 0 Å². The molecule has 1 atom stereocenters. The minimum atomic E-state index is -1.50. The number of carbonyl (C=O) groups excluding carboxylic acids is 3. The fourth-order valence-corrected chi connectivity index (χ4v) is 3.10. The normalized spacial score (nSPS) is 16.6. The van der Waals surface area contributed by atoms with Crippen LogP contribution in [0.4, 0.5) is 5.82 Å². The highest BCUT2D eigenvalue weighted by Gasteiger charge is 2.40. The zero-order chi connectivity index (χ0) is 21.0. The van der Waals surface area contributed by atoms with Crippen molar-refractivity contribution < 1.29 is 24.3 Å². The Morgan fingerprint density at radius 1 is 1.14 bits per heavy atom. The molecule has 1 aromatic heterocycles. The van der Waals surface area contributed by atoms with E-state index >= 15 is 0 Å². The number of likely N-dealkylation sites (tertiary alicyclic amines) is 1. The number of rotatable bonds is 6. The van der Waals surface area contributed by atoms with Crippen molar-refractivity contribution in [3.63, 3.8) is 0 Å². The van der Waals surface area contributed by atoms with E-state index in [9.17, 15) is 19.2 Å². The number of aromatic nitrogens is 1. The maximum atomic E-state index is 12.6. The smallest absolute Gasteiger partial charge is 0.322 e. The zero-order valence-corrected chi connectivity index (χ0v) is 15.5. The van der Waals surface area contributed by atoms with Gasteiger partial charge in [-0.2, -0.15) is 0 Å². The van der Waals surface area contributed by atoms with Gasteiger partial charge in [-0.05, 0) is 23.3 Å². The third-order valence-corrected chi connectivity index (χ3v) is 4.63. The zero-order valence-electron chi connectivity index (χ0n) is 15.5. The molecule has 9 nitrogen and oxygen atoms in total. The van der Waals surface area contributed by atoms with Crippen LogP contribution in [-0.4, -0.2) is 51.6 Å². The molecule has 4 N–H and O–H groups in total. The van der Waals surface area contributed by atoms with E-state index in [1.807, 2.05) is 30.3 Å². The van der Waals surface area contributed by atoms with Crippen LogP contribution in [0.2, 0.25) is 0 Å². The SMILES string of the molecule is Nc1ccc(-c2ccc(CN3CCC(=O)C(C(=O)NCC(=O)O)C3=O)cc2)cn1. The molecule has 1 aliphatic heterocycles. The first-order chi connectivity index (χ1) is 13.8. The largest absolute Gasteiger partial charge is 0.480 e. The van der Waals surface area contributed by atoms with Crippen molar-refractivity contribution in [1.82, 2.24) is 15.2 Å². The number of aliphatic carboxylic acids is 1. The third-order valence-electron chi connectivity index (χ3n) is 4.63. The quantitative estimate of drug-likeness (QED) is 0.602. The first-order valence-electron chi connectivity index (χ1n) is 8.97. The third kappa shape index (κ3) is 4.75. The summed E-state index contributed by atoms with van der Waals surface area (Å²) in [7, 11) is 0. The Morgan fingerprint density at radius 3 is 2.45 bits per heavy atom. The summed E-state index contributed by atoms with van der Waals surface area (Å²) in [5.41, 5.74) is 8.27. The number of benzene rings is 1. The highest BCUT2D eigenvalue weighted by Crippen LogP contribution is 2.22. The monoisotopic (exact) mass is 396 g/mol. The van der Waals surface area contributed by atoms with Crippen molar-refractivity contribution >= 4 is 29.4 Å². The lowest BCUT2D eigenvalue weighted by molar-refractivity contribution is -0.152. The summed E-state index contributed by atoms with van der Waals surface area (Å²) < 4.78 is 0. The van der Waals surface area contributed by atoms with Crippen LogP contribution in [0, 0.1) is 5.92 Å². The molecule has 150 valence electrons. The molecule has 1 aliphatic rings. The van der Waals surface area contributed by atoms with Gasteiger partial charge in [0.25, 0.3) is 0 Å². The molecule has 0 radical (unpaired) electrons. The Bertz CT molecular complexity index is 940. The Hall–Kier alpha value is -3.75. The molecule has 1 unspecified atom stereocenters. The number of piperidine rings is 1. The molecule has 9 heteroatoms. The van der Waals surface area contributed by atoms with Crippen LogP contribution < -0.4 is 11.1 Å². The van der Waals surface area contributed by atoms with Gasteiger partial charge in [0, 0.05) is 31.3 Å². The summed E-state index contributed by atoms with van der Waals surface area (Å²) in [6, 6.07) is 11.1. The predicted molar refractivity (Wildman–Crippen MR) is 103 cm³/mol. The van der Waals surface area contributed by atoms with Crippen molar-refractivity contribution in [2.75, 3.05) is 18.8 Å². The van der Waals surface area contributed by atoms with Crippen molar-refractivity contribution in [2.24, 2.45) is 5.92 Å². The minimum absolute atomic E-state index is 0.0477. The number of nitrogens with two attached hydrogens (primary N) is 1. The lowest BCUT2D eigenvalue weighted by atomic mass is 9.94. The van der Waals surface area contributed by atoms with Crippen LogP contribution in [0.25, 0.3) is 11.1 Å². The Morgan fingerprint density at radius 2 is 1.83 bits per heavy atom. The number of hydrogen-bond acceptors (Lipinski definition) is 6. The summed E-state index contributed by atoms with van der Waals surface area (Å²) in [5, 5.41) is 10.8. The maximum Gasteiger partial charge on any atom is 0.322 e.